The SMILES string of the molecule is C[Si](C)(C)Nc1c(Br)cc(Br)cc1CNC1CCC(O[Si](C)(C)C)CC1. The highest BCUT2D eigenvalue weighted by atomic mass is 79.9. The van der Waals surface area contributed by atoms with Gasteiger partial charge in [-0.3, -0.25) is 0 Å². The Morgan fingerprint density at radius 1 is 1.00 bits per heavy atom. The Kier molecular flexibility index (Phi) is 8.02. The summed E-state index contributed by atoms with van der Waals surface area (Å²) in [5, 5.41) is 3.79. The third kappa shape index (κ3) is 7.75. The standard InChI is InChI=1S/C19H34Br2N2OSi2/c1-25(2,3)23-19-14(11-15(20)12-18(19)21)13-22-16-7-9-17(10-8-16)24-26(4,5)6/h11-12,16-17,22-23H,7-10,13H2,1-6H3. The van der Waals surface area contributed by atoms with Crippen molar-refractivity contribution in [3.05, 3.63) is 26.6 Å². The summed E-state index contributed by atoms with van der Waals surface area (Å²) in [6, 6.07) is 4.96. The normalized spacial score (nSPS) is 21.7. The summed E-state index contributed by atoms with van der Waals surface area (Å²) in [6.45, 7) is 14.8. The fourth-order valence-corrected chi connectivity index (χ4v) is 7.30. The van der Waals surface area contributed by atoms with Crippen LogP contribution in [0.5, 0.6) is 0 Å². The van der Waals surface area contributed by atoms with Crippen LogP contribution in [0.1, 0.15) is 31.2 Å². The smallest absolute Gasteiger partial charge is 0.184 e. The van der Waals surface area contributed by atoms with Crippen molar-refractivity contribution in [3.63, 3.8) is 0 Å². The Morgan fingerprint density at radius 3 is 2.15 bits per heavy atom. The fourth-order valence-electron chi connectivity index (χ4n) is 3.42. The highest BCUT2D eigenvalue weighted by molar-refractivity contribution is 9.11. The van der Waals surface area contributed by atoms with Gasteiger partial charge in [-0.15, -0.1) is 0 Å². The number of nitrogens with one attached hydrogen (secondary N) is 2. The van der Waals surface area contributed by atoms with Crippen molar-refractivity contribution in [2.24, 2.45) is 0 Å². The molecule has 0 aliphatic heterocycles. The molecule has 7 heteroatoms. The molecular weight excluding hydrogens is 488 g/mol. The number of rotatable bonds is 7. The van der Waals surface area contributed by atoms with Crippen LogP contribution in [0, 0.1) is 0 Å². The van der Waals surface area contributed by atoms with Crippen molar-refractivity contribution in [2.75, 3.05) is 4.98 Å². The molecule has 2 rings (SSSR count). The largest absolute Gasteiger partial charge is 0.415 e. The van der Waals surface area contributed by atoms with Gasteiger partial charge in [0.25, 0.3) is 0 Å². The van der Waals surface area contributed by atoms with Crippen LogP contribution >= 0.6 is 31.9 Å². The first kappa shape index (κ1) is 22.6. The Hall–Kier alpha value is 0.334. The van der Waals surface area contributed by atoms with Gasteiger partial charge in [0.1, 0.15) is 8.24 Å². The van der Waals surface area contributed by atoms with Crippen molar-refractivity contribution in [2.45, 2.75) is 83.7 Å². The molecule has 148 valence electrons. The first-order chi connectivity index (χ1) is 11.9. The minimum atomic E-state index is -1.42. The van der Waals surface area contributed by atoms with E-state index >= 15 is 0 Å². The number of hydrogen-bond donors (Lipinski definition) is 2. The van der Waals surface area contributed by atoms with Crippen LogP contribution in [0.15, 0.2) is 21.1 Å². The van der Waals surface area contributed by atoms with Crippen LogP contribution < -0.4 is 10.3 Å². The Bertz CT molecular complexity index is 607. The Balaban J connectivity index is 1.96. The summed E-state index contributed by atoms with van der Waals surface area (Å²) in [7, 11) is -2.83. The first-order valence-corrected chi connectivity index (χ1v) is 18.1. The van der Waals surface area contributed by atoms with Gasteiger partial charge >= 0.3 is 0 Å². The van der Waals surface area contributed by atoms with Crippen molar-refractivity contribution >= 4 is 54.1 Å². The number of benzene rings is 1. The van der Waals surface area contributed by atoms with Crippen molar-refractivity contribution in [1.82, 2.24) is 5.32 Å². The lowest BCUT2D eigenvalue weighted by molar-refractivity contribution is 0.133. The first-order valence-electron chi connectivity index (χ1n) is 9.60. The summed E-state index contributed by atoms with van der Waals surface area (Å²) < 4.78 is 8.55. The van der Waals surface area contributed by atoms with E-state index in [1.54, 1.807) is 0 Å². The molecule has 26 heavy (non-hydrogen) atoms. The minimum Gasteiger partial charge on any atom is -0.415 e. The molecule has 0 atom stereocenters. The van der Waals surface area contributed by atoms with Gasteiger partial charge in [0.15, 0.2) is 8.32 Å². The molecule has 0 radical (unpaired) electrons. The molecule has 1 fully saturated rings. The molecule has 1 saturated carbocycles. The van der Waals surface area contributed by atoms with Gasteiger partial charge in [-0.25, -0.2) is 0 Å². The zero-order valence-electron chi connectivity index (χ0n) is 17.0. The topological polar surface area (TPSA) is 33.3 Å². The highest BCUT2D eigenvalue weighted by Gasteiger charge is 2.26. The molecule has 0 unspecified atom stereocenters. The molecule has 0 spiro atoms. The lowest BCUT2D eigenvalue weighted by atomic mass is 9.93. The predicted molar refractivity (Wildman–Crippen MR) is 126 cm³/mol. The van der Waals surface area contributed by atoms with E-state index in [0.717, 1.165) is 15.5 Å². The van der Waals surface area contributed by atoms with E-state index in [0.29, 0.717) is 12.1 Å². The molecule has 1 aromatic carbocycles. The number of anilines is 1. The van der Waals surface area contributed by atoms with Crippen LogP contribution in [-0.4, -0.2) is 28.7 Å². The molecule has 0 heterocycles. The monoisotopic (exact) mass is 520 g/mol. The van der Waals surface area contributed by atoms with E-state index in [1.165, 1.54) is 36.9 Å². The van der Waals surface area contributed by atoms with E-state index in [9.17, 15) is 0 Å². The van der Waals surface area contributed by atoms with E-state index < -0.39 is 16.6 Å². The van der Waals surface area contributed by atoms with Gasteiger partial charge in [-0.05, 0) is 79.0 Å². The maximum Gasteiger partial charge on any atom is 0.184 e. The lowest BCUT2D eigenvalue weighted by Gasteiger charge is -2.33. The molecule has 1 aromatic rings. The third-order valence-corrected chi connectivity index (χ3v) is 7.54. The van der Waals surface area contributed by atoms with Crippen LogP contribution in [0.2, 0.25) is 39.3 Å². The molecule has 0 bridgehead atoms. The van der Waals surface area contributed by atoms with Gasteiger partial charge in [0.2, 0.25) is 0 Å². The van der Waals surface area contributed by atoms with Crippen molar-refractivity contribution in [3.8, 4) is 0 Å². The van der Waals surface area contributed by atoms with E-state index in [4.69, 9.17) is 4.43 Å². The second kappa shape index (κ2) is 9.22. The lowest BCUT2D eigenvalue weighted by Crippen LogP contribution is -2.39. The van der Waals surface area contributed by atoms with Crippen LogP contribution in [-0.2, 0) is 11.0 Å². The van der Waals surface area contributed by atoms with Gasteiger partial charge in [0, 0.05) is 33.3 Å². The number of halogens is 2. The quantitative estimate of drug-likeness (QED) is 0.391. The molecule has 0 saturated heterocycles. The summed E-state index contributed by atoms with van der Waals surface area (Å²) in [4.78, 5) is 3.78. The molecule has 3 nitrogen and oxygen atoms in total. The molecule has 1 aliphatic rings. The van der Waals surface area contributed by atoms with Gasteiger partial charge < -0.3 is 14.7 Å². The Labute approximate surface area is 178 Å². The van der Waals surface area contributed by atoms with Crippen LogP contribution in [0.4, 0.5) is 5.69 Å². The maximum absolute atomic E-state index is 6.29. The van der Waals surface area contributed by atoms with Crippen LogP contribution in [0.25, 0.3) is 0 Å². The maximum atomic E-state index is 6.29. The second-order valence-electron chi connectivity index (χ2n) is 9.38. The molecule has 0 aromatic heterocycles. The second-order valence-corrected chi connectivity index (χ2v) is 20.4. The fraction of sp³-hybridized carbons (Fsp3) is 0.684. The minimum absolute atomic E-state index is 0.476. The van der Waals surface area contributed by atoms with Crippen LogP contribution in [0.3, 0.4) is 0 Å². The highest BCUT2D eigenvalue weighted by Crippen LogP contribution is 2.33. The molecule has 2 N–H and O–H groups in total. The van der Waals surface area contributed by atoms with Gasteiger partial charge in [0.05, 0.1) is 0 Å². The Morgan fingerprint density at radius 2 is 1.62 bits per heavy atom. The average molecular weight is 522 g/mol. The van der Waals surface area contributed by atoms with E-state index in [2.05, 4.69) is 93.6 Å². The summed E-state index contributed by atoms with van der Waals surface area (Å²) >= 11 is 7.38. The zero-order valence-corrected chi connectivity index (χ0v) is 22.2. The average Bonchev–Trinajstić information content (AvgIpc) is 2.47. The summed E-state index contributed by atoms with van der Waals surface area (Å²) in [6.07, 6.45) is 5.26. The number of hydrogen-bond acceptors (Lipinski definition) is 3. The summed E-state index contributed by atoms with van der Waals surface area (Å²) in [5.74, 6) is 0. The van der Waals surface area contributed by atoms with Gasteiger partial charge in [-0.1, -0.05) is 35.6 Å². The predicted octanol–water partition coefficient (Wildman–Crippen LogP) is 6.71. The van der Waals surface area contributed by atoms with Crippen molar-refractivity contribution in [1.29, 1.82) is 0 Å². The third-order valence-electron chi connectivity index (χ3n) is 4.41. The van der Waals surface area contributed by atoms with E-state index in [1.807, 2.05) is 0 Å². The molecule has 0 amide bonds. The zero-order chi connectivity index (χ0) is 19.5. The molecule has 1 aliphatic carbocycles. The van der Waals surface area contributed by atoms with Gasteiger partial charge in [-0.2, -0.15) is 0 Å². The summed E-state index contributed by atoms with van der Waals surface area (Å²) in [5.41, 5.74) is 2.57. The van der Waals surface area contributed by atoms with Crippen molar-refractivity contribution < 1.29 is 4.43 Å². The molecular formula is C19H34Br2N2OSi2. The van der Waals surface area contributed by atoms with E-state index in [-0.39, 0.29) is 0 Å².